The molecule has 2 aromatic rings. The molecule has 1 heterocycles. The fourth-order valence-corrected chi connectivity index (χ4v) is 3.05. The molecule has 0 aliphatic carbocycles. The molecule has 3 N–H and O–H groups in total. The average Bonchev–Trinajstić information content (AvgIpc) is 2.95. The van der Waals surface area contributed by atoms with E-state index in [9.17, 15) is 8.42 Å². The summed E-state index contributed by atoms with van der Waals surface area (Å²) in [7, 11) is -0.750. The van der Waals surface area contributed by atoms with E-state index in [2.05, 4.69) is 10.2 Å². The van der Waals surface area contributed by atoms with Gasteiger partial charge in [0.05, 0.1) is 19.0 Å². The van der Waals surface area contributed by atoms with Gasteiger partial charge in [0.25, 0.3) is 10.0 Å². The Morgan fingerprint density at radius 3 is 2.85 bits per heavy atom. The Kier molecular flexibility index (Phi) is 3.96. The Morgan fingerprint density at radius 2 is 2.20 bits per heavy atom. The lowest BCUT2D eigenvalue weighted by Gasteiger charge is -2.19. The minimum atomic E-state index is -3.74. The van der Waals surface area contributed by atoms with Crippen molar-refractivity contribution in [1.29, 1.82) is 0 Å². The molecule has 0 saturated heterocycles. The number of hydrogen-bond donors (Lipinski definition) is 2. The largest absolute Gasteiger partial charge is 0.497 e. The van der Waals surface area contributed by atoms with Crippen LogP contribution in [0, 0.1) is 0 Å². The van der Waals surface area contributed by atoms with E-state index in [1.807, 2.05) is 0 Å². The summed E-state index contributed by atoms with van der Waals surface area (Å²) in [5, 5.41) is 6.22. The minimum absolute atomic E-state index is 0.00493. The fraction of sp³-hybridized carbons (Fsp3) is 0.250. The first kappa shape index (κ1) is 14.4. The highest BCUT2D eigenvalue weighted by Gasteiger charge is 2.26. The van der Waals surface area contributed by atoms with Gasteiger partial charge in [0.1, 0.15) is 5.75 Å². The Labute approximate surface area is 117 Å². The number of H-pyrrole nitrogens is 1. The van der Waals surface area contributed by atoms with Crippen molar-refractivity contribution in [2.75, 3.05) is 18.5 Å². The van der Waals surface area contributed by atoms with Crippen LogP contribution < -0.4 is 14.8 Å². The van der Waals surface area contributed by atoms with Crippen LogP contribution in [0.2, 0.25) is 0 Å². The minimum Gasteiger partial charge on any atom is -0.497 e. The number of methoxy groups -OCH3 is 1. The average molecular weight is 296 g/mol. The number of rotatable bonds is 5. The third-order valence-corrected chi connectivity index (χ3v) is 4.73. The maximum atomic E-state index is 12.5. The Bertz CT molecular complexity index is 696. The van der Waals surface area contributed by atoms with Gasteiger partial charge >= 0.3 is 0 Å². The molecule has 0 unspecified atom stereocenters. The van der Waals surface area contributed by atoms with Gasteiger partial charge in [0, 0.05) is 25.2 Å². The van der Waals surface area contributed by atoms with Crippen LogP contribution in [-0.4, -0.2) is 32.8 Å². The smallest absolute Gasteiger partial charge is 0.281 e. The van der Waals surface area contributed by atoms with Crippen LogP contribution in [0.3, 0.4) is 0 Å². The van der Waals surface area contributed by atoms with Crippen LogP contribution in [-0.2, 0) is 16.6 Å². The predicted octanol–water partition coefficient (Wildman–Crippen LogP) is 0.702. The van der Waals surface area contributed by atoms with Crippen LogP contribution in [0.5, 0.6) is 5.75 Å². The molecule has 0 aliphatic rings. The molecule has 1 aromatic heterocycles. The first-order chi connectivity index (χ1) is 9.50. The van der Waals surface area contributed by atoms with E-state index in [0.717, 1.165) is 4.31 Å². The highest BCUT2D eigenvalue weighted by molar-refractivity contribution is 7.92. The molecule has 7 nitrogen and oxygen atoms in total. The summed E-state index contributed by atoms with van der Waals surface area (Å²) < 4.78 is 31.3. The van der Waals surface area contributed by atoms with Gasteiger partial charge in [-0.2, -0.15) is 13.5 Å². The van der Waals surface area contributed by atoms with E-state index in [4.69, 9.17) is 10.5 Å². The summed E-state index contributed by atoms with van der Waals surface area (Å²) in [4.78, 5) is 0. The van der Waals surface area contributed by atoms with E-state index >= 15 is 0 Å². The van der Waals surface area contributed by atoms with E-state index in [1.54, 1.807) is 24.3 Å². The number of nitrogens with one attached hydrogen (secondary N) is 1. The summed E-state index contributed by atoms with van der Waals surface area (Å²) in [5.74, 6) is 0.577. The molecule has 20 heavy (non-hydrogen) atoms. The van der Waals surface area contributed by atoms with Gasteiger partial charge in [-0.25, -0.2) is 0 Å². The van der Waals surface area contributed by atoms with E-state index in [-0.39, 0.29) is 11.6 Å². The molecule has 2 rings (SSSR count). The van der Waals surface area contributed by atoms with Gasteiger partial charge in [0.15, 0.2) is 5.03 Å². The second kappa shape index (κ2) is 5.51. The second-order valence-electron chi connectivity index (χ2n) is 4.10. The van der Waals surface area contributed by atoms with Crippen molar-refractivity contribution in [3.63, 3.8) is 0 Å². The number of aromatic nitrogens is 2. The fourth-order valence-electron chi connectivity index (χ4n) is 1.75. The summed E-state index contributed by atoms with van der Waals surface area (Å²) in [6, 6.07) is 6.77. The lowest BCUT2D eigenvalue weighted by atomic mass is 10.3. The standard InChI is InChI=1S/C12H16N4O3S/c1-16(10-4-3-5-11(6-10)19-2)20(17,18)12-9(7-13)8-14-15-12/h3-6,8H,7,13H2,1-2H3,(H,14,15). The summed E-state index contributed by atoms with van der Waals surface area (Å²) >= 11 is 0. The molecule has 0 amide bonds. The van der Waals surface area contributed by atoms with Gasteiger partial charge in [-0.3, -0.25) is 9.40 Å². The molecule has 0 spiro atoms. The van der Waals surface area contributed by atoms with Crippen molar-refractivity contribution in [1.82, 2.24) is 10.2 Å². The maximum absolute atomic E-state index is 12.5. The van der Waals surface area contributed by atoms with Crippen LogP contribution in [0.4, 0.5) is 5.69 Å². The lowest BCUT2D eigenvalue weighted by Crippen LogP contribution is -2.28. The van der Waals surface area contributed by atoms with Crippen LogP contribution >= 0.6 is 0 Å². The molecule has 108 valence electrons. The van der Waals surface area contributed by atoms with Crippen molar-refractivity contribution in [3.8, 4) is 5.75 Å². The van der Waals surface area contributed by atoms with Gasteiger partial charge in [0.2, 0.25) is 0 Å². The number of anilines is 1. The molecule has 0 saturated carbocycles. The van der Waals surface area contributed by atoms with Gasteiger partial charge in [-0.1, -0.05) is 6.07 Å². The number of ether oxygens (including phenoxy) is 1. The van der Waals surface area contributed by atoms with Crippen LogP contribution in [0.15, 0.2) is 35.5 Å². The predicted molar refractivity (Wildman–Crippen MR) is 75.1 cm³/mol. The normalized spacial score (nSPS) is 11.3. The van der Waals surface area contributed by atoms with E-state index in [1.165, 1.54) is 20.4 Å². The molecule has 1 aromatic carbocycles. The van der Waals surface area contributed by atoms with Crippen molar-refractivity contribution < 1.29 is 13.2 Å². The number of hydrogen-bond acceptors (Lipinski definition) is 5. The monoisotopic (exact) mass is 296 g/mol. The van der Waals surface area contributed by atoms with E-state index in [0.29, 0.717) is 17.0 Å². The zero-order valence-electron chi connectivity index (χ0n) is 11.2. The molecule has 0 aliphatic heterocycles. The number of benzene rings is 1. The highest BCUT2D eigenvalue weighted by atomic mass is 32.2. The molecular formula is C12H16N4O3S. The molecule has 8 heteroatoms. The number of nitrogens with zero attached hydrogens (tertiary/aromatic N) is 2. The van der Waals surface area contributed by atoms with Crippen LogP contribution in [0.25, 0.3) is 0 Å². The topological polar surface area (TPSA) is 101 Å². The van der Waals surface area contributed by atoms with E-state index < -0.39 is 10.0 Å². The van der Waals surface area contributed by atoms with Gasteiger partial charge in [-0.15, -0.1) is 0 Å². The van der Waals surface area contributed by atoms with Crippen LogP contribution in [0.1, 0.15) is 5.56 Å². The summed E-state index contributed by atoms with van der Waals surface area (Å²) in [6.45, 7) is 0.0943. The molecular weight excluding hydrogens is 280 g/mol. The number of sulfonamides is 1. The van der Waals surface area contributed by atoms with Gasteiger partial charge in [-0.05, 0) is 12.1 Å². The maximum Gasteiger partial charge on any atom is 0.281 e. The zero-order chi connectivity index (χ0) is 14.8. The number of aromatic amines is 1. The van der Waals surface area contributed by atoms with Crippen molar-refractivity contribution in [3.05, 3.63) is 36.0 Å². The third-order valence-electron chi connectivity index (χ3n) is 2.93. The second-order valence-corrected chi connectivity index (χ2v) is 6.01. The SMILES string of the molecule is COc1cccc(N(C)S(=O)(=O)c2[nH]ncc2CN)c1. The number of nitrogens with two attached hydrogens (primary N) is 1. The first-order valence-electron chi connectivity index (χ1n) is 5.86. The quantitative estimate of drug-likeness (QED) is 0.846. The molecule has 0 bridgehead atoms. The van der Waals surface area contributed by atoms with Gasteiger partial charge < -0.3 is 10.5 Å². The zero-order valence-corrected chi connectivity index (χ0v) is 12.0. The lowest BCUT2D eigenvalue weighted by molar-refractivity contribution is 0.415. The highest BCUT2D eigenvalue weighted by Crippen LogP contribution is 2.25. The Hall–Kier alpha value is -2.06. The summed E-state index contributed by atoms with van der Waals surface area (Å²) in [5.41, 5.74) is 6.45. The Balaban J connectivity index is 2.43. The molecule has 0 radical (unpaired) electrons. The molecule has 0 fully saturated rings. The van der Waals surface area contributed by atoms with Crippen molar-refractivity contribution in [2.45, 2.75) is 11.6 Å². The molecule has 0 atom stereocenters. The van der Waals surface area contributed by atoms with Crippen molar-refractivity contribution in [2.24, 2.45) is 5.73 Å². The van der Waals surface area contributed by atoms with Crippen molar-refractivity contribution >= 4 is 15.7 Å². The first-order valence-corrected chi connectivity index (χ1v) is 7.30. The Morgan fingerprint density at radius 1 is 1.45 bits per heavy atom. The third kappa shape index (κ3) is 2.47. The summed E-state index contributed by atoms with van der Waals surface area (Å²) in [6.07, 6.45) is 1.41.